The van der Waals surface area contributed by atoms with E-state index in [0.29, 0.717) is 24.0 Å². The molecule has 3 rings (SSSR count). The van der Waals surface area contributed by atoms with Crippen LogP contribution in [0.15, 0.2) is 18.2 Å². The van der Waals surface area contributed by atoms with Crippen LogP contribution in [0.4, 0.5) is 5.69 Å². The van der Waals surface area contributed by atoms with E-state index >= 15 is 0 Å². The highest BCUT2D eigenvalue weighted by molar-refractivity contribution is 6.09. The monoisotopic (exact) mass is 528 g/mol. The second-order valence-corrected chi connectivity index (χ2v) is 10.4. The molecule has 2 N–H and O–H groups in total. The van der Waals surface area contributed by atoms with Crippen LogP contribution in [0.1, 0.15) is 74.1 Å². The van der Waals surface area contributed by atoms with Crippen LogP contribution in [0.3, 0.4) is 0 Å². The molecule has 9 nitrogen and oxygen atoms in total. The summed E-state index contributed by atoms with van der Waals surface area (Å²) in [5.41, 5.74) is 1.96. The van der Waals surface area contributed by atoms with Crippen molar-refractivity contribution in [2.45, 2.75) is 53.4 Å². The van der Waals surface area contributed by atoms with E-state index in [4.69, 9.17) is 0 Å². The molecule has 38 heavy (non-hydrogen) atoms. The Kier molecular flexibility index (Phi) is 12.6. The number of carbonyl (C=O) groups excluding carboxylic acids is 5. The number of Topliss-reactive ketones (excluding diaryl/α,β-unsaturated/α-hetero) is 2. The minimum Gasteiger partial charge on any atom is -0.371 e. The van der Waals surface area contributed by atoms with Gasteiger partial charge in [0, 0.05) is 87.3 Å². The number of nitrogens with one attached hydrogen (secondary N) is 2. The van der Waals surface area contributed by atoms with Crippen molar-refractivity contribution in [3.05, 3.63) is 29.3 Å². The standard InChI is InChI=1S/C22H31N3O3.C7H13NO2/c1-15(2)21(27)19-5-4-18(14-20(19)16(3)26)24-10-6-17(7-11-24)22(28)25-12-8-23-9-13-25;1-6(4-3-5-9)7(10)8-2/h4-5,14-15,17,23H,6-13H2,1-3H3;5-6H,3-4H2,1-2H3,(H,8,10). The van der Waals surface area contributed by atoms with E-state index in [1.54, 1.807) is 13.1 Å². The quantitative estimate of drug-likeness (QED) is 0.374. The number of anilines is 1. The zero-order valence-corrected chi connectivity index (χ0v) is 23.5. The lowest BCUT2D eigenvalue weighted by atomic mass is 9.92. The number of benzene rings is 1. The molecule has 0 spiro atoms. The van der Waals surface area contributed by atoms with Crippen molar-refractivity contribution in [2.75, 3.05) is 51.2 Å². The Morgan fingerprint density at radius 1 is 1.03 bits per heavy atom. The molecular weight excluding hydrogens is 484 g/mol. The normalized spacial score (nSPS) is 16.8. The van der Waals surface area contributed by atoms with Gasteiger partial charge in [0.15, 0.2) is 11.6 Å². The molecule has 2 aliphatic rings. The molecule has 2 amide bonds. The number of nitrogens with zero attached hydrogens (tertiary/aromatic N) is 2. The van der Waals surface area contributed by atoms with Crippen LogP contribution in [0.2, 0.25) is 0 Å². The second-order valence-electron chi connectivity index (χ2n) is 10.4. The van der Waals surface area contributed by atoms with Crippen LogP contribution in [0.25, 0.3) is 0 Å². The Labute approximate surface area is 226 Å². The van der Waals surface area contributed by atoms with Crippen molar-refractivity contribution in [1.29, 1.82) is 0 Å². The first kappa shape index (κ1) is 31.1. The Bertz CT molecular complexity index is 979. The lowest BCUT2D eigenvalue weighted by Gasteiger charge is -2.36. The number of ketones is 2. The molecule has 210 valence electrons. The Hall–Kier alpha value is -3.07. The van der Waals surface area contributed by atoms with Crippen molar-refractivity contribution in [2.24, 2.45) is 17.8 Å². The summed E-state index contributed by atoms with van der Waals surface area (Å²) in [5.74, 6) is 0.0892. The number of piperidine rings is 1. The third kappa shape index (κ3) is 8.75. The summed E-state index contributed by atoms with van der Waals surface area (Å²) >= 11 is 0. The SMILES string of the molecule is CC(=O)c1cc(N2CCC(C(=O)N3CCNCC3)CC2)ccc1C(=O)C(C)C.CNC(=O)C(C)CCC=O. The molecule has 2 saturated heterocycles. The molecule has 0 aromatic heterocycles. The van der Waals surface area contributed by atoms with Crippen LogP contribution in [0.5, 0.6) is 0 Å². The molecule has 9 heteroatoms. The Balaban J connectivity index is 0.000000432. The number of aldehydes is 1. The minimum atomic E-state index is -0.143. The number of rotatable bonds is 9. The van der Waals surface area contributed by atoms with E-state index in [0.717, 1.165) is 64.1 Å². The molecule has 0 radical (unpaired) electrons. The maximum atomic E-state index is 12.7. The van der Waals surface area contributed by atoms with Crippen molar-refractivity contribution in [3.8, 4) is 0 Å². The molecule has 0 bridgehead atoms. The topological polar surface area (TPSA) is 116 Å². The van der Waals surface area contributed by atoms with Gasteiger partial charge in [0.05, 0.1) is 0 Å². The third-order valence-electron chi connectivity index (χ3n) is 7.22. The maximum absolute atomic E-state index is 12.7. The van der Waals surface area contributed by atoms with Gasteiger partial charge in [0.25, 0.3) is 0 Å². The fraction of sp³-hybridized carbons (Fsp3) is 0.621. The summed E-state index contributed by atoms with van der Waals surface area (Å²) in [7, 11) is 1.60. The van der Waals surface area contributed by atoms with Gasteiger partial charge in [0.1, 0.15) is 6.29 Å². The second kappa shape index (κ2) is 15.4. The highest BCUT2D eigenvalue weighted by Gasteiger charge is 2.29. The number of piperazine rings is 1. The van der Waals surface area contributed by atoms with E-state index in [9.17, 15) is 24.0 Å². The minimum absolute atomic E-state index is 0.00171. The average molecular weight is 529 g/mol. The predicted molar refractivity (Wildman–Crippen MR) is 149 cm³/mol. The fourth-order valence-corrected chi connectivity index (χ4v) is 4.77. The molecule has 0 aliphatic carbocycles. The largest absolute Gasteiger partial charge is 0.371 e. The van der Waals surface area contributed by atoms with E-state index in [1.807, 2.05) is 37.8 Å². The molecule has 2 fully saturated rings. The van der Waals surface area contributed by atoms with E-state index in [2.05, 4.69) is 15.5 Å². The third-order valence-corrected chi connectivity index (χ3v) is 7.22. The van der Waals surface area contributed by atoms with Crippen LogP contribution in [-0.2, 0) is 14.4 Å². The van der Waals surface area contributed by atoms with Gasteiger partial charge in [-0.2, -0.15) is 0 Å². The van der Waals surface area contributed by atoms with Crippen molar-refractivity contribution >= 4 is 35.4 Å². The van der Waals surface area contributed by atoms with Crippen LogP contribution >= 0.6 is 0 Å². The summed E-state index contributed by atoms with van der Waals surface area (Å²) in [6.45, 7) is 11.9. The van der Waals surface area contributed by atoms with Crippen LogP contribution in [-0.4, -0.2) is 80.9 Å². The zero-order valence-electron chi connectivity index (χ0n) is 23.5. The highest BCUT2D eigenvalue weighted by Crippen LogP contribution is 2.28. The molecule has 2 heterocycles. The van der Waals surface area contributed by atoms with Crippen molar-refractivity contribution in [1.82, 2.24) is 15.5 Å². The van der Waals surface area contributed by atoms with Gasteiger partial charge in [-0.15, -0.1) is 0 Å². The smallest absolute Gasteiger partial charge is 0.225 e. The molecule has 0 saturated carbocycles. The van der Waals surface area contributed by atoms with Gasteiger partial charge in [-0.3, -0.25) is 19.2 Å². The van der Waals surface area contributed by atoms with Crippen molar-refractivity contribution in [3.63, 3.8) is 0 Å². The molecular formula is C29H44N4O5. The summed E-state index contributed by atoms with van der Waals surface area (Å²) in [4.78, 5) is 62.1. The van der Waals surface area contributed by atoms with Gasteiger partial charge >= 0.3 is 0 Å². The van der Waals surface area contributed by atoms with E-state index in [1.165, 1.54) is 6.92 Å². The van der Waals surface area contributed by atoms with Gasteiger partial charge in [0.2, 0.25) is 11.8 Å². The molecule has 1 aromatic rings. The van der Waals surface area contributed by atoms with Crippen molar-refractivity contribution < 1.29 is 24.0 Å². The maximum Gasteiger partial charge on any atom is 0.225 e. The van der Waals surface area contributed by atoms with Gasteiger partial charge in [-0.1, -0.05) is 20.8 Å². The highest BCUT2D eigenvalue weighted by atomic mass is 16.2. The lowest BCUT2D eigenvalue weighted by molar-refractivity contribution is -0.136. The first-order chi connectivity index (χ1) is 18.1. The first-order valence-corrected chi connectivity index (χ1v) is 13.7. The molecule has 2 aliphatic heterocycles. The number of amides is 2. The predicted octanol–water partition coefficient (Wildman–Crippen LogP) is 2.72. The number of carbonyl (C=O) groups is 5. The fourth-order valence-electron chi connectivity index (χ4n) is 4.77. The van der Waals surface area contributed by atoms with Crippen LogP contribution in [0, 0.1) is 17.8 Å². The van der Waals surface area contributed by atoms with Gasteiger partial charge < -0.3 is 25.2 Å². The summed E-state index contributed by atoms with van der Waals surface area (Å²) in [6.07, 6.45) is 3.59. The Morgan fingerprint density at radius 3 is 2.18 bits per heavy atom. The van der Waals surface area contributed by atoms with E-state index < -0.39 is 0 Å². The Morgan fingerprint density at radius 2 is 1.66 bits per heavy atom. The lowest BCUT2D eigenvalue weighted by Crippen LogP contribution is -2.50. The first-order valence-electron chi connectivity index (χ1n) is 13.7. The summed E-state index contributed by atoms with van der Waals surface area (Å²) in [6, 6.07) is 5.56. The molecule has 1 aromatic carbocycles. The van der Waals surface area contributed by atoms with Crippen LogP contribution < -0.4 is 15.5 Å². The number of hydrogen-bond donors (Lipinski definition) is 2. The summed E-state index contributed by atoms with van der Waals surface area (Å²) in [5, 5.41) is 5.80. The summed E-state index contributed by atoms with van der Waals surface area (Å²) < 4.78 is 0. The number of hydrogen-bond acceptors (Lipinski definition) is 7. The average Bonchev–Trinajstić information content (AvgIpc) is 2.95. The molecule has 1 atom stereocenters. The zero-order chi connectivity index (χ0) is 28.2. The van der Waals surface area contributed by atoms with E-state index in [-0.39, 0.29) is 41.1 Å². The molecule has 1 unspecified atom stereocenters. The van der Waals surface area contributed by atoms with Gasteiger partial charge in [-0.05, 0) is 44.4 Å². The van der Waals surface area contributed by atoms with Gasteiger partial charge in [-0.25, -0.2) is 0 Å².